The molecule has 13 heavy (non-hydrogen) atoms. The van der Waals surface area contributed by atoms with Crippen molar-refractivity contribution in [3.63, 3.8) is 0 Å². The summed E-state index contributed by atoms with van der Waals surface area (Å²) in [6, 6.07) is 2.13. The molecule has 0 aliphatic rings. The first-order valence-corrected chi connectivity index (χ1v) is 4.17. The summed E-state index contributed by atoms with van der Waals surface area (Å²) in [4.78, 5) is 12.7. The molecule has 5 nitrogen and oxygen atoms in total. The van der Waals surface area contributed by atoms with Crippen molar-refractivity contribution >= 4 is 5.91 Å². The van der Waals surface area contributed by atoms with Gasteiger partial charge in [0, 0.05) is 19.5 Å². The van der Waals surface area contributed by atoms with E-state index in [2.05, 4.69) is 11.5 Å². The van der Waals surface area contributed by atoms with E-state index in [4.69, 9.17) is 11.1 Å². The van der Waals surface area contributed by atoms with Crippen LogP contribution in [0.2, 0.25) is 0 Å². The molecular formula is C8H16N4O. The van der Waals surface area contributed by atoms with Crippen LogP contribution in [0.3, 0.4) is 0 Å². The van der Waals surface area contributed by atoms with Gasteiger partial charge in [0.2, 0.25) is 5.91 Å². The average molecular weight is 184 g/mol. The van der Waals surface area contributed by atoms with E-state index in [0.717, 1.165) is 0 Å². The second-order valence-electron chi connectivity index (χ2n) is 3.11. The first-order valence-electron chi connectivity index (χ1n) is 4.17. The summed E-state index contributed by atoms with van der Waals surface area (Å²) in [5, 5.41) is 8.53. The zero-order valence-corrected chi connectivity index (χ0v) is 8.08. The molecule has 0 aliphatic heterocycles. The first kappa shape index (κ1) is 11.9. The number of rotatable bonds is 5. The molecule has 0 rings (SSSR count). The van der Waals surface area contributed by atoms with E-state index >= 15 is 0 Å². The standard InChI is InChI=1S/C8H16N4O/c1-7(5-9)6-12(2)4-3-8(13)11-10/h7H,3-4,6,10H2,1-2H3,(H,11,13). The Bertz CT molecular complexity index is 199. The SMILES string of the molecule is CC(C#N)CN(C)CCC(=O)NN. The topological polar surface area (TPSA) is 82.2 Å². The predicted molar refractivity (Wildman–Crippen MR) is 49.2 cm³/mol. The number of hydrazine groups is 1. The normalized spacial score (nSPS) is 12.2. The second-order valence-corrected chi connectivity index (χ2v) is 3.11. The number of hydrogen-bond acceptors (Lipinski definition) is 4. The number of nitrogens with two attached hydrogens (primary N) is 1. The van der Waals surface area contributed by atoms with E-state index in [1.807, 2.05) is 18.9 Å². The molecule has 0 spiro atoms. The van der Waals surface area contributed by atoms with Gasteiger partial charge in [-0.2, -0.15) is 5.26 Å². The Hall–Kier alpha value is -1.12. The highest BCUT2D eigenvalue weighted by atomic mass is 16.2. The zero-order valence-electron chi connectivity index (χ0n) is 8.08. The molecule has 0 saturated heterocycles. The maximum absolute atomic E-state index is 10.7. The minimum Gasteiger partial charge on any atom is -0.305 e. The number of carbonyl (C=O) groups is 1. The maximum atomic E-state index is 10.7. The summed E-state index contributed by atoms with van der Waals surface area (Å²) in [5.41, 5.74) is 2.06. The molecule has 0 aromatic carbocycles. The summed E-state index contributed by atoms with van der Waals surface area (Å²) < 4.78 is 0. The molecular weight excluding hydrogens is 168 g/mol. The van der Waals surface area contributed by atoms with Crippen LogP contribution in [0, 0.1) is 17.2 Å². The lowest BCUT2D eigenvalue weighted by Crippen LogP contribution is -2.34. The quantitative estimate of drug-likeness (QED) is 0.341. The Morgan fingerprint density at radius 2 is 2.38 bits per heavy atom. The fourth-order valence-electron chi connectivity index (χ4n) is 0.964. The third kappa shape index (κ3) is 6.08. The Morgan fingerprint density at radius 3 is 2.85 bits per heavy atom. The van der Waals surface area contributed by atoms with Crippen molar-refractivity contribution < 1.29 is 4.79 Å². The predicted octanol–water partition coefficient (Wildman–Crippen LogP) is -0.542. The molecule has 1 amide bonds. The average Bonchev–Trinajstić information content (AvgIpc) is 2.13. The van der Waals surface area contributed by atoms with E-state index < -0.39 is 0 Å². The molecule has 5 heteroatoms. The van der Waals surface area contributed by atoms with Gasteiger partial charge in [0.25, 0.3) is 0 Å². The second kappa shape index (κ2) is 6.40. The number of nitriles is 1. The van der Waals surface area contributed by atoms with Crippen molar-refractivity contribution in [2.24, 2.45) is 11.8 Å². The van der Waals surface area contributed by atoms with Crippen LogP contribution in [-0.2, 0) is 4.79 Å². The van der Waals surface area contributed by atoms with Gasteiger partial charge in [-0.25, -0.2) is 5.84 Å². The Balaban J connectivity index is 3.58. The van der Waals surface area contributed by atoms with Gasteiger partial charge in [0.1, 0.15) is 0 Å². The number of carbonyl (C=O) groups excluding carboxylic acids is 1. The molecule has 0 fully saturated rings. The van der Waals surface area contributed by atoms with Gasteiger partial charge >= 0.3 is 0 Å². The highest BCUT2D eigenvalue weighted by molar-refractivity contribution is 5.75. The molecule has 0 aromatic heterocycles. The molecule has 0 aromatic rings. The highest BCUT2D eigenvalue weighted by Crippen LogP contribution is 1.96. The van der Waals surface area contributed by atoms with Gasteiger partial charge in [-0.3, -0.25) is 10.2 Å². The van der Waals surface area contributed by atoms with Crippen LogP contribution >= 0.6 is 0 Å². The Labute approximate surface area is 78.5 Å². The number of amides is 1. The van der Waals surface area contributed by atoms with Crippen molar-refractivity contribution in [3.05, 3.63) is 0 Å². The highest BCUT2D eigenvalue weighted by Gasteiger charge is 2.06. The van der Waals surface area contributed by atoms with Gasteiger partial charge in [-0.15, -0.1) is 0 Å². The zero-order chi connectivity index (χ0) is 10.3. The molecule has 0 radical (unpaired) electrons. The van der Waals surface area contributed by atoms with Gasteiger partial charge in [-0.1, -0.05) is 0 Å². The molecule has 74 valence electrons. The Kier molecular flexibility index (Phi) is 5.85. The summed E-state index contributed by atoms with van der Waals surface area (Å²) in [5.74, 6) is 4.72. The molecule has 0 bridgehead atoms. The smallest absolute Gasteiger partial charge is 0.235 e. The van der Waals surface area contributed by atoms with E-state index in [9.17, 15) is 4.79 Å². The van der Waals surface area contributed by atoms with Crippen LogP contribution in [0.15, 0.2) is 0 Å². The van der Waals surface area contributed by atoms with Crippen molar-refractivity contribution in [2.45, 2.75) is 13.3 Å². The van der Waals surface area contributed by atoms with Crippen LogP contribution < -0.4 is 11.3 Å². The van der Waals surface area contributed by atoms with Gasteiger partial charge in [0.05, 0.1) is 12.0 Å². The fourth-order valence-corrected chi connectivity index (χ4v) is 0.964. The van der Waals surface area contributed by atoms with Crippen LogP contribution in [0.1, 0.15) is 13.3 Å². The lowest BCUT2D eigenvalue weighted by Gasteiger charge is -2.16. The van der Waals surface area contributed by atoms with Crippen molar-refractivity contribution in [1.82, 2.24) is 10.3 Å². The molecule has 1 unspecified atom stereocenters. The van der Waals surface area contributed by atoms with Gasteiger partial charge in [-0.05, 0) is 14.0 Å². The van der Waals surface area contributed by atoms with E-state index in [-0.39, 0.29) is 11.8 Å². The van der Waals surface area contributed by atoms with Crippen LogP contribution in [0.25, 0.3) is 0 Å². The Morgan fingerprint density at radius 1 is 1.77 bits per heavy atom. The minimum atomic E-state index is -0.184. The van der Waals surface area contributed by atoms with Crippen LogP contribution in [-0.4, -0.2) is 30.9 Å². The molecule has 0 aliphatic carbocycles. The molecule has 0 saturated carbocycles. The first-order chi connectivity index (χ1) is 6.10. The maximum Gasteiger partial charge on any atom is 0.235 e. The fraction of sp³-hybridized carbons (Fsp3) is 0.750. The van der Waals surface area contributed by atoms with E-state index in [0.29, 0.717) is 19.5 Å². The van der Waals surface area contributed by atoms with Gasteiger partial charge in [0.15, 0.2) is 0 Å². The lowest BCUT2D eigenvalue weighted by molar-refractivity contribution is -0.121. The van der Waals surface area contributed by atoms with Crippen LogP contribution in [0.5, 0.6) is 0 Å². The van der Waals surface area contributed by atoms with Crippen molar-refractivity contribution in [3.8, 4) is 6.07 Å². The summed E-state index contributed by atoms with van der Waals surface area (Å²) >= 11 is 0. The minimum absolute atomic E-state index is 0.00839. The molecule has 3 N–H and O–H groups in total. The lowest BCUT2D eigenvalue weighted by atomic mass is 10.2. The third-order valence-corrected chi connectivity index (χ3v) is 1.69. The summed E-state index contributed by atoms with van der Waals surface area (Å²) in [6.45, 7) is 3.14. The van der Waals surface area contributed by atoms with Crippen molar-refractivity contribution in [1.29, 1.82) is 5.26 Å². The molecule has 1 atom stereocenters. The third-order valence-electron chi connectivity index (χ3n) is 1.69. The summed E-state index contributed by atoms with van der Waals surface area (Å²) in [6.07, 6.45) is 0.366. The molecule has 0 heterocycles. The number of nitrogens with one attached hydrogen (secondary N) is 1. The van der Waals surface area contributed by atoms with Crippen molar-refractivity contribution in [2.75, 3.05) is 20.1 Å². The van der Waals surface area contributed by atoms with Crippen LogP contribution in [0.4, 0.5) is 0 Å². The number of nitrogens with zero attached hydrogens (tertiary/aromatic N) is 2. The van der Waals surface area contributed by atoms with Gasteiger partial charge < -0.3 is 4.90 Å². The number of hydrogen-bond donors (Lipinski definition) is 2. The van der Waals surface area contributed by atoms with E-state index in [1.54, 1.807) is 0 Å². The summed E-state index contributed by atoms with van der Waals surface area (Å²) in [7, 11) is 1.87. The monoisotopic (exact) mass is 184 g/mol. The van der Waals surface area contributed by atoms with E-state index in [1.165, 1.54) is 0 Å². The largest absolute Gasteiger partial charge is 0.305 e.